The van der Waals surface area contributed by atoms with Crippen molar-refractivity contribution in [3.05, 3.63) is 11.4 Å². The minimum Gasteiger partial charge on any atom is -0.375 e. The van der Waals surface area contributed by atoms with E-state index in [1.807, 2.05) is 6.92 Å². The van der Waals surface area contributed by atoms with Crippen LogP contribution in [0.5, 0.6) is 0 Å². The first-order valence-electron chi connectivity index (χ1n) is 6.84. The van der Waals surface area contributed by atoms with Gasteiger partial charge in [0.25, 0.3) is 0 Å². The zero-order valence-corrected chi connectivity index (χ0v) is 11.5. The Morgan fingerprint density at radius 1 is 1.33 bits per heavy atom. The molecule has 18 heavy (non-hydrogen) atoms. The summed E-state index contributed by atoms with van der Waals surface area (Å²) in [7, 11) is 0. The Morgan fingerprint density at radius 3 is 2.72 bits per heavy atom. The SMILES string of the molecule is CCC1(CC)CC(NCc2nonc2C)CCO1. The summed E-state index contributed by atoms with van der Waals surface area (Å²) >= 11 is 0. The Bertz CT molecular complexity index is 374. The molecule has 1 aliphatic rings. The minimum absolute atomic E-state index is 0.0625. The van der Waals surface area contributed by atoms with Crippen LogP contribution in [0.1, 0.15) is 50.9 Å². The molecule has 1 aromatic heterocycles. The fraction of sp³-hybridized carbons (Fsp3) is 0.846. The third-order valence-electron chi connectivity index (χ3n) is 4.09. The molecule has 1 fully saturated rings. The average Bonchev–Trinajstić information content (AvgIpc) is 2.82. The predicted molar refractivity (Wildman–Crippen MR) is 68.2 cm³/mol. The van der Waals surface area contributed by atoms with Crippen LogP contribution in [0.2, 0.25) is 0 Å². The summed E-state index contributed by atoms with van der Waals surface area (Å²) < 4.78 is 10.7. The van der Waals surface area contributed by atoms with Crippen molar-refractivity contribution in [3.8, 4) is 0 Å². The lowest BCUT2D eigenvalue weighted by molar-refractivity contribution is -0.0932. The van der Waals surface area contributed by atoms with Crippen LogP contribution >= 0.6 is 0 Å². The van der Waals surface area contributed by atoms with Crippen molar-refractivity contribution in [2.45, 2.75) is 64.6 Å². The number of hydrogen-bond acceptors (Lipinski definition) is 5. The van der Waals surface area contributed by atoms with E-state index >= 15 is 0 Å². The Morgan fingerprint density at radius 2 is 2.11 bits per heavy atom. The second-order valence-corrected chi connectivity index (χ2v) is 5.11. The molecule has 5 nitrogen and oxygen atoms in total. The first kappa shape index (κ1) is 13.5. The van der Waals surface area contributed by atoms with Gasteiger partial charge in [-0.25, -0.2) is 4.63 Å². The molecule has 5 heteroatoms. The molecule has 1 atom stereocenters. The topological polar surface area (TPSA) is 60.2 Å². The van der Waals surface area contributed by atoms with Crippen molar-refractivity contribution < 1.29 is 9.37 Å². The molecule has 1 unspecified atom stereocenters. The lowest BCUT2D eigenvalue weighted by Gasteiger charge is -2.40. The summed E-state index contributed by atoms with van der Waals surface area (Å²) in [5, 5.41) is 11.2. The summed E-state index contributed by atoms with van der Waals surface area (Å²) in [6, 6.07) is 0.495. The fourth-order valence-electron chi connectivity index (χ4n) is 2.60. The maximum atomic E-state index is 5.97. The van der Waals surface area contributed by atoms with E-state index in [0.717, 1.165) is 50.2 Å². The van der Waals surface area contributed by atoms with Crippen molar-refractivity contribution in [1.82, 2.24) is 15.6 Å². The van der Waals surface area contributed by atoms with Gasteiger partial charge in [-0.1, -0.05) is 24.2 Å². The molecule has 0 bridgehead atoms. The number of rotatable bonds is 5. The molecular weight excluding hydrogens is 230 g/mol. The lowest BCUT2D eigenvalue weighted by Crippen LogP contribution is -2.46. The monoisotopic (exact) mass is 253 g/mol. The van der Waals surface area contributed by atoms with Crippen molar-refractivity contribution in [3.63, 3.8) is 0 Å². The molecule has 0 aromatic carbocycles. The lowest BCUT2D eigenvalue weighted by atomic mass is 9.86. The third kappa shape index (κ3) is 2.90. The molecule has 0 saturated carbocycles. The van der Waals surface area contributed by atoms with Crippen LogP contribution in [0.3, 0.4) is 0 Å². The molecule has 1 aliphatic heterocycles. The summed E-state index contributed by atoms with van der Waals surface area (Å²) in [6.07, 6.45) is 4.29. The summed E-state index contributed by atoms with van der Waals surface area (Å²) in [5.41, 5.74) is 1.83. The quantitative estimate of drug-likeness (QED) is 0.871. The number of ether oxygens (including phenoxy) is 1. The molecule has 102 valence electrons. The van der Waals surface area contributed by atoms with Crippen LogP contribution in [-0.2, 0) is 11.3 Å². The zero-order chi connectivity index (χ0) is 13.0. The van der Waals surface area contributed by atoms with Crippen molar-refractivity contribution in [2.75, 3.05) is 6.61 Å². The number of aryl methyl sites for hydroxylation is 1. The van der Waals surface area contributed by atoms with Crippen molar-refractivity contribution in [1.29, 1.82) is 0 Å². The van der Waals surface area contributed by atoms with E-state index in [1.165, 1.54) is 0 Å². The number of nitrogens with one attached hydrogen (secondary N) is 1. The Labute approximate surface area is 108 Å². The van der Waals surface area contributed by atoms with Gasteiger partial charge in [-0.3, -0.25) is 0 Å². The van der Waals surface area contributed by atoms with Crippen LogP contribution in [0, 0.1) is 6.92 Å². The summed E-state index contributed by atoms with van der Waals surface area (Å²) in [5.74, 6) is 0. The summed E-state index contributed by atoms with van der Waals surface area (Å²) in [4.78, 5) is 0. The van der Waals surface area contributed by atoms with E-state index in [2.05, 4.69) is 29.5 Å². The maximum Gasteiger partial charge on any atom is 0.121 e. The fourth-order valence-corrected chi connectivity index (χ4v) is 2.60. The maximum absolute atomic E-state index is 5.97. The van der Waals surface area contributed by atoms with Gasteiger partial charge < -0.3 is 10.1 Å². The van der Waals surface area contributed by atoms with Gasteiger partial charge in [0, 0.05) is 19.2 Å². The number of aromatic nitrogens is 2. The standard InChI is InChI=1S/C13H23N3O2/c1-4-13(5-2)8-11(6-7-17-13)14-9-12-10(3)15-18-16-12/h11,14H,4-9H2,1-3H3. The second kappa shape index (κ2) is 5.80. The van der Waals surface area contributed by atoms with E-state index < -0.39 is 0 Å². The van der Waals surface area contributed by atoms with Crippen molar-refractivity contribution >= 4 is 0 Å². The predicted octanol–water partition coefficient (Wildman–Crippen LogP) is 2.21. The van der Waals surface area contributed by atoms with E-state index in [0.29, 0.717) is 6.04 Å². The first-order valence-corrected chi connectivity index (χ1v) is 6.84. The van der Waals surface area contributed by atoms with E-state index in [4.69, 9.17) is 9.37 Å². The van der Waals surface area contributed by atoms with Gasteiger partial charge in [-0.05, 0) is 32.6 Å². The average molecular weight is 253 g/mol. The normalized spacial score (nSPS) is 23.2. The van der Waals surface area contributed by atoms with Gasteiger partial charge in [0.15, 0.2) is 0 Å². The smallest absolute Gasteiger partial charge is 0.121 e. The molecule has 1 saturated heterocycles. The van der Waals surface area contributed by atoms with Gasteiger partial charge >= 0.3 is 0 Å². The molecule has 0 aliphatic carbocycles. The van der Waals surface area contributed by atoms with Crippen LogP contribution < -0.4 is 5.32 Å². The van der Waals surface area contributed by atoms with Crippen molar-refractivity contribution in [2.24, 2.45) is 0 Å². The Balaban J connectivity index is 1.88. The van der Waals surface area contributed by atoms with Gasteiger partial charge in [0.05, 0.1) is 5.60 Å². The van der Waals surface area contributed by atoms with Crippen LogP contribution in [0.4, 0.5) is 0 Å². The molecule has 2 rings (SSSR count). The Hall–Kier alpha value is -0.940. The molecule has 0 radical (unpaired) electrons. The van der Waals surface area contributed by atoms with Gasteiger partial charge in [-0.15, -0.1) is 0 Å². The molecular formula is C13H23N3O2. The van der Waals surface area contributed by atoms with Crippen LogP contribution in [-0.4, -0.2) is 28.6 Å². The molecule has 1 aromatic rings. The largest absolute Gasteiger partial charge is 0.375 e. The highest BCUT2D eigenvalue weighted by Gasteiger charge is 2.34. The zero-order valence-electron chi connectivity index (χ0n) is 11.5. The molecule has 1 N–H and O–H groups in total. The highest BCUT2D eigenvalue weighted by Crippen LogP contribution is 2.31. The highest BCUT2D eigenvalue weighted by molar-refractivity contribution is 5.04. The van der Waals surface area contributed by atoms with Gasteiger partial charge in [0.1, 0.15) is 11.4 Å². The first-order chi connectivity index (χ1) is 8.69. The van der Waals surface area contributed by atoms with E-state index in [1.54, 1.807) is 0 Å². The van der Waals surface area contributed by atoms with E-state index in [9.17, 15) is 0 Å². The Kier molecular flexibility index (Phi) is 4.35. The van der Waals surface area contributed by atoms with Gasteiger partial charge in [-0.2, -0.15) is 0 Å². The number of nitrogens with zero attached hydrogens (tertiary/aromatic N) is 2. The second-order valence-electron chi connectivity index (χ2n) is 5.11. The number of hydrogen-bond donors (Lipinski definition) is 1. The van der Waals surface area contributed by atoms with E-state index in [-0.39, 0.29) is 5.60 Å². The molecule has 0 spiro atoms. The molecule has 0 amide bonds. The van der Waals surface area contributed by atoms with Crippen LogP contribution in [0.25, 0.3) is 0 Å². The van der Waals surface area contributed by atoms with Crippen LogP contribution in [0.15, 0.2) is 4.63 Å². The molecule has 2 heterocycles. The third-order valence-corrected chi connectivity index (χ3v) is 4.09. The van der Waals surface area contributed by atoms with Gasteiger partial charge in [0.2, 0.25) is 0 Å². The highest BCUT2D eigenvalue weighted by atomic mass is 16.6. The summed E-state index contributed by atoms with van der Waals surface area (Å²) in [6.45, 7) is 7.90. The minimum atomic E-state index is 0.0625.